The molecular weight excluding hydrogens is 214 g/mol. The van der Waals surface area contributed by atoms with Crippen LogP contribution in [0.25, 0.3) is 0 Å². The number of benzene rings is 1. The highest BCUT2D eigenvalue weighted by Crippen LogP contribution is 2.15. The molecule has 0 radical (unpaired) electrons. The van der Waals surface area contributed by atoms with Crippen LogP contribution in [-0.2, 0) is 6.54 Å². The standard InChI is InChI=1S/C14H23NO2/c1-3-8-15(4-2)12-13-6-5-7-14(11-13)17-10-9-16/h5-7,11,16H,3-4,8-10,12H2,1-2H3. The van der Waals surface area contributed by atoms with E-state index in [4.69, 9.17) is 9.84 Å². The van der Waals surface area contributed by atoms with E-state index in [9.17, 15) is 0 Å². The second kappa shape index (κ2) is 8.09. The summed E-state index contributed by atoms with van der Waals surface area (Å²) in [7, 11) is 0. The normalized spacial score (nSPS) is 10.8. The number of aliphatic hydroxyl groups is 1. The number of hydrogen-bond acceptors (Lipinski definition) is 3. The van der Waals surface area contributed by atoms with Crippen LogP contribution in [0.4, 0.5) is 0 Å². The molecule has 96 valence electrons. The Morgan fingerprint density at radius 1 is 1.29 bits per heavy atom. The second-order valence-electron chi connectivity index (χ2n) is 4.09. The number of aliphatic hydroxyl groups excluding tert-OH is 1. The second-order valence-corrected chi connectivity index (χ2v) is 4.09. The van der Waals surface area contributed by atoms with Crippen LogP contribution in [0.1, 0.15) is 25.8 Å². The van der Waals surface area contributed by atoms with E-state index in [1.165, 1.54) is 12.0 Å². The molecule has 0 heterocycles. The molecule has 0 aliphatic carbocycles. The van der Waals surface area contributed by atoms with Crippen molar-refractivity contribution in [1.82, 2.24) is 4.90 Å². The van der Waals surface area contributed by atoms with Crippen LogP contribution in [0.5, 0.6) is 5.75 Å². The topological polar surface area (TPSA) is 32.7 Å². The minimum Gasteiger partial charge on any atom is -0.491 e. The fraction of sp³-hybridized carbons (Fsp3) is 0.571. The zero-order chi connectivity index (χ0) is 12.5. The summed E-state index contributed by atoms with van der Waals surface area (Å²) in [4.78, 5) is 2.41. The predicted molar refractivity (Wildman–Crippen MR) is 70.3 cm³/mol. The van der Waals surface area contributed by atoms with Crippen molar-refractivity contribution in [3.8, 4) is 5.75 Å². The SMILES string of the molecule is CCCN(CC)Cc1cccc(OCCO)c1. The maximum atomic E-state index is 8.72. The third kappa shape index (κ3) is 5.20. The van der Waals surface area contributed by atoms with Crippen molar-refractivity contribution in [2.75, 3.05) is 26.3 Å². The fourth-order valence-corrected chi connectivity index (χ4v) is 1.82. The molecule has 3 heteroatoms. The molecular formula is C14H23NO2. The van der Waals surface area contributed by atoms with E-state index in [2.05, 4.69) is 24.8 Å². The predicted octanol–water partition coefficient (Wildman–Crippen LogP) is 2.29. The highest BCUT2D eigenvalue weighted by atomic mass is 16.5. The van der Waals surface area contributed by atoms with E-state index in [0.29, 0.717) is 6.61 Å². The van der Waals surface area contributed by atoms with Gasteiger partial charge in [-0.1, -0.05) is 26.0 Å². The molecule has 1 aromatic carbocycles. The van der Waals surface area contributed by atoms with Gasteiger partial charge in [0.15, 0.2) is 0 Å². The maximum absolute atomic E-state index is 8.72. The summed E-state index contributed by atoms with van der Waals surface area (Å²) in [6, 6.07) is 8.09. The Morgan fingerprint density at radius 2 is 2.12 bits per heavy atom. The molecule has 0 fully saturated rings. The first-order chi connectivity index (χ1) is 8.30. The van der Waals surface area contributed by atoms with Gasteiger partial charge in [-0.15, -0.1) is 0 Å². The van der Waals surface area contributed by atoms with Gasteiger partial charge in [0, 0.05) is 6.54 Å². The molecule has 1 aromatic rings. The third-order valence-corrected chi connectivity index (χ3v) is 2.65. The smallest absolute Gasteiger partial charge is 0.119 e. The molecule has 0 amide bonds. The van der Waals surface area contributed by atoms with Gasteiger partial charge in [-0.3, -0.25) is 4.90 Å². The molecule has 0 unspecified atom stereocenters. The maximum Gasteiger partial charge on any atom is 0.119 e. The Bertz CT molecular complexity index is 315. The molecule has 3 nitrogen and oxygen atoms in total. The first kappa shape index (κ1) is 14.0. The lowest BCUT2D eigenvalue weighted by atomic mass is 10.2. The first-order valence-electron chi connectivity index (χ1n) is 6.35. The van der Waals surface area contributed by atoms with Crippen molar-refractivity contribution < 1.29 is 9.84 Å². The van der Waals surface area contributed by atoms with Crippen molar-refractivity contribution in [3.05, 3.63) is 29.8 Å². The van der Waals surface area contributed by atoms with E-state index < -0.39 is 0 Å². The largest absolute Gasteiger partial charge is 0.491 e. The summed E-state index contributed by atoms with van der Waals surface area (Å²) in [5, 5.41) is 8.72. The van der Waals surface area contributed by atoms with Crippen LogP contribution in [0.2, 0.25) is 0 Å². The summed E-state index contributed by atoms with van der Waals surface area (Å²) in [6.45, 7) is 7.94. The first-order valence-corrected chi connectivity index (χ1v) is 6.35. The summed E-state index contributed by atoms with van der Waals surface area (Å²) >= 11 is 0. The lowest BCUT2D eigenvalue weighted by Crippen LogP contribution is -2.23. The Hall–Kier alpha value is -1.06. The fourth-order valence-electron chi connectivity index (χ4n) is 1.82. The average Bonchev–Trinajstić information content (AvgIpc) is 2.36. The molecule has 0 atom stereocenters. The summed E-state index contributed by atoms with van der Waals surface area (Å²) in [5.41, 5.74) is 1.26. The van der Waals surface area contributed by atoms with Crippen molar-refractivity contribution in [2.45, 2.75) is 26.8 Å². The molecule has 1 N–H and O–H groups in total. The Kier molecular flexibility index (Phi) is 6.67. The Balaban J connectivity index is 2.57. The minimum absolute atomic E-state index is 0.0567. The van der Waals surface area contributed by atoms with Gasteiger partial charge in [0.1, 0.15) is 12.4 Å². The van der Waals surface area contributed by atoms with E-state index in [1.54, 1.807) is 0 Å². The average molecular weight is 237 g/mol. The van der Waals surface area contributed by atoms with E-state index in [1.807, 2.05) is 18.2 Å². The van der Waals surface area contributed by atoms with Gasteiger partial charge in [-0.2, -0.15) is 0 Å². The van der Waals surface area contributed by atoms with Gasteiger partial charge in [-0.05, 0) is 37.2 Å². The van der Waals surface area contributed by atoms with Gasteiger partial charge in [-0.25, -0.2) is 0 Å². The van der Waals surface area contributed by atoms with Crippen molar-refractivity contribution >= 4 is 0 Å². The van der Waals surface area contributed by atoms with E-state index in [-0.39, 0.29) is 6.61 Å². The van der Waals surface area contributed by atoms with Crippen molar-refractivity contribution in [1.29, 1.82) is 0 Å². The highest BCUT2D eigenvalue weighted by Gasteiger charge is 2.03. The molecule has 0 aromatic heterocycles. The summed E-state index contributed by atoms with van der Waals surface area (Å²) in [6.07, 6.45) is 1.18. The lowest BCUT2D eigenvalue weighted by Gasteiger charge is -2.19. The van der Waals surface area contributed by atoms with Crippen LogP contribution in [0.15, 0.2) is 24.3 Å². The van der Waals surface area contributed by atoms with E-state index >= 15 is 0 Å². The van der Waals surface area contributed by atoms with Gasteiger partial charge >= 0.3 is 0 Å². The van der Waals surface area contributed by atoms with E-state index in [0.717, 1.165) is 25.4 Å². The quantitative estimate of drug-likeness (QED) is 0.753. The zero-order valence-electron chi connectivity index (χ0n) is 10.9. The zero-order valence-corrected chi connectivity index (χ0v) is 10.9. The monoisotopic (exact) mass is 237 g/mol. The van der Waals surface area contributed by atoms with Gasteiger partial charge in [0.2, 0.25) is 0 Å². The lowest BCUT2D eigenvalue weighted by molar-refractivity contribution is 0.201. The number of hydrogen-bond donors (Lipinski definition) is 1. The molecule has 0 saturated carbocycles. The van der Waals surface area contributed by atoms with Gasteiger partial charge in [0.05, 0.1) is 6.61 Å². The summed E-state index contributed by atoms with van der Waals surface area (Å²) in [5.74, 6) is 0.837. The van der Waals surface area contributed by atoms with Gasteiger partial charge in [0.25, 0.3) is 0 Å². The number of ether oxygens (including phenoxy) is 1. The molecule has 0 bridgehead atoms. The number of rotatable bonds is 8. The van der Waals surface area contributed by atoms with Crippen LogP contribution in [0, 0.1) is 0 Å². The molecule has 0 aliphatic heterocycles. The molecule has 17 heavy (non-hydrogen) atoms. The van der Waals surface area contributed by atoms with Crippen LogP contribution in [0.3, 0.4) is 0 Å². The highest BCUT2D eigenvalue weighted by molar-refractivity contribution is 5.28. The molecule has 0 saturated heterocycles. The minimum atomic E-state index is 0.0567. The van der Waals surface area contributed by atoms with Crippen molar-refractivity contribution in [2.24, 2.45) is 0 Å². The Morgan fingerprint density at radius 3 is 2.76 bits per heavy atom. The van der Waals surface area contributed by atoms with Crippen LogP contribution in [-0.4, -0.2) is 36.3 Å². The third-order valence-electron chi connectivity index (χ3n) is 2.65. The number of nitrogens with zero attached hydrogens (tertiary/aromatic N) is 1. The van der Waals surface area contributed by atoms with Crippen LogP contribution >= 0.6 is 0 Å². The van der Waals surface area contributed by atoms with Crippen LogP contribution < -0.4 is 4.74 Å². The Labute approximate surface area is 104 Å². The van der Waals surface area contributed by atoms with Gasteiger partial charge < -0.3 is 9.84 Å². The molecule has 0 aliphatic rings. The van der Waals surface area contributed by atoms with Crippen molar-refractivity contribution in [3.63, 3.8) is 0 Å². The molecule has 1 rings (SSSR count). The summed E-state index contributed by atoms with van der Waals surface area (Å²) < 4.78 is 5.40. The molecule has 0 spiro atoms.